The molecule has 0 N–H and O–H groups in total. The summed E-state index contributed by atoms with van der Waals surface area (Å²) in [7, 11) is 0. The molecule has 0 atom stereocenters. The molecule has 0 aliphatic heterocycles. The SMILES string of the molecule is Cl.O=CCn1ccnc1-c1ccc(-c2ccccc2)cc1. The van der Waals surface area contributed by atoms with Gasteiger partial charge in [-0.25, -0.2) is 4.98 Å². The molecule has 0 aliphatic rings. The van der Waals surface area contributed by atoms with Gasteiger partial charge in [-0.2, -0.15) is 0 Å². The number of aromatic nitrogens is 2. The molecule has 3 nitrogen and oxygen atoms in total. The second-order valence-electron chi connectivity index (χ2n) is 4.51. The Bertz CT molecular complexity index is 705. The number of benzene rings is 2. The first-order valence-electron chi connectivity index (χ1n) is 6.49. The standard InChI is InChI=1S/C17H14N2O.ClH/c20-13-12-19-11-10-18-17(19)16-8-6-15(7-9-16)14-4-2-1-3-5-14;/h1-11,13H,12H2;1H. The van der Waals surface area contributed by atoms with Gasteiger partial charge in [0, 0.05) is 18.0 Å². The van der Waals surface area contributed by atoms with Crippen LogP contribution in [0.15, 0.2) is 67.0 Å². The monoisotopic (exact) mass is 298 g/mol. The third-order valence-corrected chi connectivity index (χ3v) is 3.24. The Kier molecular flexibility index (Phi) is 4.90. The minimum atomic E-state index is 0. The van der Waals surface area contributed by atoms with Crippen LogP contribution < -0.4 is 0 Å². The summed E-state index contributed by atoms with van der Waals surface area (Å²) in [5.41, 5.74) is 3.37. The topological polar surface area (TPSA) is 34.9 Å². The van der Waals surface area contributed by atoms with E-state index in [1.807, 2.05) is 41.1 Å². The number of imidazole rings is 1. The molecule has 106 valence electrons. The smallest absolute Gasteiger partial charge is 0.140 e. The summed E-state index contributed by atoms with van der Waals surface area (Å²) in [6.45, 7) is 0.329. The first kappa shape index (κ1) is 15.0. The van der Waals surface area contributed by atoms with Gasteiger partial charge in [-0.15, -0.1) is 12.4 Å². The average Bonchev–Trinajstić information content (AvgIpc) is 2.97. The molecule has 1 aromatic heterocycles. The van der Waals surface area contributed by atoms with Crippen LogP contribution >= 0.6 is 12.4 Å². The molecule has 0 fully saturated rings. The van der Waals surface area contributed by atoms with Gasteiger partial charge in [-0.05, 0) is 11.1 Å². The van der Waals surface area contributed by atoms with Gasteiger partial charge in [0.25, 0.3) is 0 Å². The van der Waals surface area contributed by atoms with Crippen LogP contribution in [0.4, 0.5) is 0 Å². The molecular formula is C17H15ClN2O. The number of rotatable bonds is 4. The zero-order valence-corrected chi connectivity index (χ0v) is 12.2. The van der Waals surface area contributed by atoms with Crippen LogP contribution in [0.2, 0.25) is 0 Å². The lowest BCUT2D eigenvalue weighted by Gasteiger charge is -2.06. The summed E-state index contributed by atoms with van der Waals surface area (Å²) in [6.07, 6.45) is 4.41. The van der Waals surface area contributed by atoms with Crippen molar-refractivity contribution in [2.24, 2.45) is 0 Å². The van der Waals surface area contributed by atoms with Crippen molar-refractivity contribution in [2.45, 2.75) is 6.54 Å². The summed E-state index contributed by atoms with van der Waals surface area (Å²) in [5.74, 6) is 0.816. The van der Waals surface area contributed by atoms with Crippen LogP contribution in [0.3, 0.4) is 0 Å². The van der Waals surface area contributed by atoms with Crippen molar-refractivity contribution in [3.8, 4) is 22.5 Å². The molecule has 0 spiro atoms. The molecule has 0 saturated heterocycles. The van der Waals surface area contributed by atoms with Gasteiger partial charge in [0.2, 0.25) is 0 Å². The summed E-state index contributed by atoms with van der Waals surface area (Å²) in [5, 5.41) is 0. The van der Waals surface area contributed by atoms with E-state index >= 15 is 0 Å². The van der Waals surface area contributed by atoms with Gasteiger partial charge >= 0.3 is 0 Å². The van der Waals surface area contributed by atoms with E-state index < -0.39 is 0 Å². The predicted octanol–water partition coefficient (Wildman–Crippen LogP) is 3.84. The highest BCUT2D eigenvalue weighted by atomic mass is 35.5. The molecule has 4 heteroatoms. The van der Waals surface area contributed by atoms with E-state index in [-0.39, 0.29) is 12.4 Å². The average molecular weight is 299 g/mol. The molecular weight excluding hydrogens is 284 g/mol. The van der Waals surface area contributed by atoms with Gasteiger partial charge in [0.05, 0.1) is 6.54 Å². The van der Waals surface area contributed by atoms with E-state index in [4.69, 9.17) is 0 Å². The lowest BCUT2D eigenvalue weighted by molar-refractivity contribution is -0.108. The Hall–Kier alpha value is -2.39. The molecule has 0 bridgehead atoms. The molecule has 1 heterocycles. The molecule has 3 aromatic rings. The number of halogens is 1. The van der Waals surface area contributed by atoms with Crippen LogP contribution in [0.5, 0.6) is 0 Å². The first-order valence-corrected chi connectivity index (χ1v) is 6.49. The minimum Gasteiger partial charge on any atom is -0.324 e. The highest BCUT2D eigenvalue weighted by Gasteiger charge is 2.05. The Labute approximate surface area is 129 Å². The molecule has 21 heavy (non-hydrogen) atoms. The lowest BCUT2D eigenvalue weighted by Crippen LogP contribution is -1.99. The summed E-state index contributed by atoms with van der Waals surface area (Å²) in [4.78, 5) is 15.0. The summed E-state index contributed by atoms with van der Waals surface area (Å²) in [6, 6.07) is 18.5. The minimum absolute atomic E-state index is 0. The predicted molar refractivity (Wildman–Crippen MR) is 86.4 cm³/mol. The third kappa shape index (κ3) is 3.20. The second-order valence-corrected chi connectivity index (χ2v) is 4.51. The Morgan fingerprint density at radius 1 is 0.905 bits per heavy atom. The fourth-order valence-corrected chi connectivity index (χ4v) is 2.24. The second kappa shape index (κ2) is 6.86. The number of nitrogens with zero attached hydrogens (tertiary/aromatic N) is 2. The van der Waals surface area contributed by atoms with Gasteiger partial charge in [-0.1, -0.05) is 54.6 Å². The van der Waals surface area contributed by atoms with E-state index in [1.54, 1.807) is 6.20 Å². The van der Waals surface area contributed by atoms with E-state index in [0.717, 1.165) is 17.7 Å². The van der Waals surface area contributed by atoms with Gasteiger partial charge in [0.1, 0.15) is 12.1 Å². The summed E-state index contributed by atoms with van der Waals surface area (Å²) < 4.78 is 1.84. The highest BCUT2D eigenvalue weighted by Crippen LogP contribution is 2.23. The van der Waals surface area contributed by atoms with Crippen LogP contribution in [-0.2, 0) is 11.3 Å². The number of carbonyl (C=O) groups excluding carboxylic acids is 1. The van der Waals surface area contributed by atoms with Crippen molar-refractivity contribution in [1.82, 2.24) is 9.55 Å². The normalized spacial score (nSPS) is 9.90. The van der Waals surface area contributed by atoms with Crippen molar-refractivity contribution in [1.29, 1.82) is 0 Å². The maximum Gasteiger partial charge on any atom is 0.140 e. The van der Waals surface area contributed by atoms with E-state index in [1.165, 1.54) is 11.1 Å². The van der Waals surface area contributed by atoms with Crippen LogP contribution in [0, 0.1) is 0 Å². The van der Waals surface area contributed by atoms with Crippen LogP contribution in [0.25, 0.3) is 22.5 Å². The lowest BCUT2D eigenvalue weighted by atomic mass is 10.0. The number of carbonyl (C=O) groups is 1. The highest BCUT2D eigenvalue weighted by molar-refractivity contribution is 5.85. The Balaban J connectivity index is 0.00000161. The fraction of sp³-hybridized carbons (Fsp3) is 0.0588. The number of aldehydes is 1. The van der Waals surface area contributed by atoms with Gasteiger partial charge in [0.15, 0.2) is 0 Å². The first-order chi connectivity index (χ1) is 9.88. The maximum atomic E-state index is 10.6. The number of hydrogen-bond donors (Lipinski definition) is 0. The quantitative estimate of drug-likeness (QED) is 0.686. The number of hydrogen-bond acceptors (Lipinski definition) is 2. The molecule has 0 amide bonds. The van der Waals surface area contributed by atoms with Crippen molar-refractivity contribution in [3.63, 3.8) is 0 Å². The molecule has 0 saturated carbocycles. The van der Waals surface area contributed by atoms with Crippen molar-refractivity contribution < 1.29 is 4.79 Å². The third-order valence-electron chi connectivity index (χ3n) is 3.24. The van der Waals surface area contributed by atoms with Crippen molar-refractivity contribution in [3.05, 3.63) is 67.0 Å². The molecule has 0 unspecified atom stereocenters. The Morgan fingerprint density at radius 2 is 1.52 bits per heavy atom. The van der Waals surface area contributed by atoms with E-state index in [0.29, 0.717) is 6.54 Å². The zero-order chi connectivity index (χ0) is 13.8. The Morgan fingerprint density at radius 3 is 2.19 bits per heavy atom. The molecule has 2 aromatic carbocycles. The van der Waals surface area contributed by atoms with E-state index in [2.05, 4.69) is 29.2 Å². The van der Waals surface area contributed by atoms with Gasteiger partial charge in [-0.3, -0.25) is 0 Å². The zero-order valence-electron chi connectivity index (χ0n) is 11.3. The van der Waals surface area contributed by atoms with Crippen molar-refractivity contribution in [2.75, 3.05) is 0 Å². The fourth-order valence-electron chi connectivity index (χ4n) is 2.24. The van der Waals surface area contributed by atoms with Crippen LogP contribution in [-0.4, -0.2) is 15.8 Å². The van der Waals surface area contributed by atoms with Crippen LogP contribution in [0.1, 0.15) is 0 Å². The van der Waals surface area contributed by atoms with Crippen molar-refractivity contribution >= 4 is 18.7 Å². The largest absolute Gasteiger partial charge is 0.324 e. The maximum absolute atomic E-state index is 10.6. The molecule has 3 rings (SSSR count). The molecule has 0 radical (unpaired) electrons. The summed E-state index contributed by atoms with van der Waals surface area (Å²) >= 11 is 0. The van der Waals surface area contributed by atoms with E-state index in [9.17, 15) is 4.79 Å². The molecule has 0 aliphatic carbocycles. The van der Waals surface area contributed by atoms with Gasteiger partial charge < -0.3 is 9.36 Å².